The van der Waals surface area contributed by atoms with E-state index in [1.165, 1.54) is 32.6 Å². The summed E-state index contributed by atoms with van der Waals surface area (Å²) in [6.45, 7) is 5.70. The molecule has 0 saturated heterocycles. The number of rotatable bonds is 2. The molecule has 1 radical (unpaired) electrons. The van der Waals surface area contributed by atoms with Gasteiger partial charge in [-0.3, -0.25) is 0 Å². The Hall–Kier alpha value is -0.570. The van der Waals surface area contributed by atoms with E-state index in [2.05, 4.69) is 18.1 Å². The lowest BCUT2D eigenvalue weighted by molar-refractivity contribution is -0.151. The molecular formula is C12H23O3. The summed E-state index contributed by atoms with van der Waals surface area (Å²) in [7, 11) is 0. The summed E-state index contributed by atoms with van der Waals surface area (Å²) in [6.07, 6.45) is 7.13. The van der Waals surface area contributed by atoms with Crippen molar-refractivity contribution in [3.63, 3.8) is 0 Å². The normalized spacial score (nSPS) is 18.7. The molecule has 1 fully saturated rings. The van der Waals surface area contributed by atoms with Gasteiger partial charge in [-0.05, 0) is 32.6 Å². The first-order valence-corrected chi connectivity index (χ1v) is 5.76. The van der Waals surface area contributed by atoms with Crippen LogP contribution in [-0.4, -0.2) is 23.8 Å². The first-order valence-electron chi connectivity index (χ1n) is 5.76. The maximum absolute atomic E-state index is 10.3. The monoisotopic (exact) mass is 215 g/mol. The van der Waals surface area contributed by atoms with Gasteiger partial charge >= 0.3 is 5.97 Å². The van der Waals surface area contributed by atoms with Crippen molar-refractivity contribution in [2.75, 3.05) is 6.61 Å². The van der Waals surface area contributed by atoms with E-state index in [0.717, 1.165) is 5.92 Å². The Labute approximate surface area is 92.8 Å². The number of carbonyl (C=O) groups excluding carboxylic acids is 1. The molecule has 1 N–H and O–H groups in total. The molecule has 2 atom stereocenters. The van der Waals surface area contributed by atoms with Crippen LogP contribution in [0, 0.1) is 12.3 Å². The zero-order valence-electron chi connectivity index (χ0n) is 10.0. The number of esters is 1. The molecule has 0 heterocycles. The van der Waals surface area contributed by atoms with Gasteiger partial charge in [0.05, 0.1) is 6.61 Å². The molecule has 1 rings (SSSR count). The fourth-order valence-corrected chi connectivity index (χ4v) is 1.39. The van der Waals surface area contributed by atoms with Crippen LogP contribution in [-0.2, 0) is 9.53 Å². The van der Waals surface area contributed by atoms with Gasteiger partial charge in [-0.1, -0.05) is 26.2 Å². The summed E-state index contributed by atoms with van der Waals surface area (Å²) in [5, 5.41) is 8.48. The molecule has 0 bridgehead atoms. The van der Waals surface area contributed by atoms with Crippen LogP contribution in [0.1, 0.15) is 46.5 Å². The Morgan fingerprint density at radius 2 is 2.27 bits per heavy atom. The molecule has 3 nitrogen and oxygen atoms in total. The summed E-state index contributed by atoms with van der Waals surface area (Å²) in [5.74, 6) is 0.348. The van der Waals surface area contributed by atoms with E-state index in [9.17, 15) is 4.79 Å². The smallest absolute Gasteiger partial charge is 0.334 e. The zero-order valence-corrected chi connectivity index (χ0v) is 10.0. The predicted molar refractivity (Wildman–Crippen MR) is 60.2 cm³/mol. The molecule has 1 aliphatic rings. The Morgan fingerprint density at radius 1 is 1.60 bits per heavy atom. The highest BCUT2D eigenvalue weighted by Crippen LogP contribution is 2.21. The number of ether oxygens (including phenoxy) is 1. The van der Waals surface area contributed by atoms with Crippen molar-refractivity contribution in [1.82, 2.24) is 0 Å². The minimum atomic E-state index is -0.991. The Bertz CT molecular complexity index is 160. The first-order chi connectivity index (χ1) is 7.07. The van der Waals surface area contributed by atoms with Crippen molar-refractivity contribution < 1.29 is 14.6 Å². The van der Waals surface area contributed by atoms with Crippen molar-refractivity contribution in [3.05, 3.63) is 6.42 Å². The lowest BCUT2D eigenvalue weighted by atomic mass is 9.91. The largest absolute Gasteiger partial charge is 0.464 e. The van der Waals surface area contributed by atoms with Crippen molar-refractivity contribution in [3.8, 4) is 0 Å². The Morgan fingerprint density at radius 3 is 2.47 bits per heavy atom. The van der Waals surface area contributed by atoms with E-state index in [-0.39, 0.29) is 0 Å². The van der Waals surface area contributed by atoms with Gasteiger partial charge in [0.25, 0.3) is 0 Å². The quantitative estimate of drug-likeness (QED) is 0.719. The molecule has 0 aromatic heterocycles. The summed E-state index contributed by atoms with van der Waals surface area (Å²) < 4.78 is 4.41. The highest BCUT2D eigenvalue weighted by atomic mass is 16.5. The second-order valence-electron chi connectivity index (χ2n) is 3.93. The van der Waals surface area contributed by atoms with Crippen LogP contribution in [0.5, 0.6) is 0 Å². The summed E-state index contributed by atoms with van der Waals surface area (Å²) in [5.41, 5.74) is 0. The number of hydrogen-bond acceptors (Lipinski definition) is 3. The molecule has 0 spiro atoms. The van der Waals surface area contributed by atoms with E-state index in [4.69, 9.17) is 5.11 Å². The van der Waals surface area contributed by atoms with Gasteiger partial charge in [0.15, 0.2) is 0 Å². The third-order valence-corrected chi connectivity index (χ3v) is 2.31. The number of aliphatic hydroxyl groups excluding tert-OH is 1. The third kappa shape index (κ3) is 8.43. The molecule has 0 amide bonds. The molecule has 2 unspecified atom stereocenters. The third-order valence-electron chi connectivity index (χ3n) is 2.31. The van der Waals surface area contributed by atoms with Gasteiger partial charge < -0.3 is 9.84 Å². The van der Waals surface area contributed by atoms with Crippen molar-refractivity contribution in [2.24, 2.45) is 5.92 Å². The average Bonchev–Trinajstić information content (AvgIpc) is 2.20. The average molecular weight is 215 g/mol. The van der Waals surface area contributed by atoms with Crippen LogP contribution in [0.4, 0.5) is 0 Å². The molecule has 0 aromatic rings. The molecule has 89 valence electrons. The van der Waals surface area contributed by atoms with Crippen LogP contribution in [0.15, 0.2) is 0 Å². The Kier molecular flexibility index (Phi) is 8.38. The minimum absolute atomic E-state index is 0.323. The molecule has 1 aliphatic carbocycles. The van der Waals surface area contributed by atoms with Crippen LogP contribution in [0.2, 0.25) is 0 Å². The van der Waals surface area contributed by atoms with Crippen molar-refractivity contribution in [1.29, 1.82) is 0 Å². The maximum atomic E-state index is 10.3. The zero-order chi connectivity index (χ0) is 11.7. The van der Waals surface area contributed by atoms with Gasteiger partial charge in [0.2, 0.25) is 0 Å². The molecule has 0 aliphatic heterocycles. The van der Waals surface area contributed by atoms with Gasteiger partial charge in [0, 0.05) is 0 Å². The summed E-state index contributed by atoms with van der Waals surface area (Å²) in [4.78, 5) is 10.3. The SMILES string of the molecule is CC1[CH]CCCC1.CCOC(=O)C(C)O. The van der Waals surface area contributed by atoms with E-state index in [1.54, 1.807) is 6.92 Å². The van der Waals surface area contributed by atoms with Crippen molar-refractivity contribution in [2.45, 2.75) is 52.6 Å². The maximum Gasteiger partial charge on any atom is 0.334 e. The molecule has 1 saturated carbocycles. The van der Waals surface area contributed by atoms with E-state index >= 15 is 0 Å². The van der Waals surface area contributed by atoms with Gasteiger partial charge in [0.1, 0.15) is 6.10 Å². The predicted octanol–water partition coefficient (Wildman–Crippen LogP) is 2.33. The standard InChI is InChI=1S/C7H13.C5H10O3/c1-7-5-3-2-4-6-7;1-3-8-5(7)4(2)6/h5,7H,2-4,6H2,1H3;4,6H,3H2,1-2H3. The number of carbonyl (C=O) groups is 1. The van der Waals surface area contributed by atoms with E-state index in [0.29, 0.717) is 6.61 Å². The highest BCUT2D eigenvalue weighted by molar-refractivity contribution is 5.73. The van der Waals surface area contributed by atoms with Crippen molar-refractivity contribution >= 4 is 5.97 Å². The first kappa shape index (κ1) is 14.4. The van der Waals surface area contributed by atoms with E-state index < -0.39 is 12.1 Å². The van der Waals surface area contributed by atoms with Crippen LogP contribution < -0.4 is 0 Å². The summed E-state index contributed by atoms with van der Waals surface area (Å²) in [6, 6.07) is 0. The molecule has 3 heteroatoms. The van der Waals surface area contributed by atoms with Crippen LogP contribution >= 0.6 is 0 Å². The van der Waals surface area contributed by atoms with Gasteiger partial charge in [-0.25, -0.2) is 4.79 Å². The fourth-order valence-electron chi connectivity index (χ4n) is 1.39. The molecular weight excluding hydrogens is 192 g/mol. The highest BCUT2D eigenvalue weighted by Gasteiger charge is 2.07. The van der Waals surface area contributed by atoms with Crippen LogP contribution in [0.25, 0.3) is 0 Å². The number of aliphatic hydroxyl groups is 1. The summed E-state index contributed by atoms with van der Waals surface area (Å²) >= 11 is 0. The second-order valence-corrected chi connectivity index (χ2v) is 3.93. The second kappa shape index (κ2) is 8.72. The lowest BCUT2D eigenvalue weighted by Crippen LogP contribution is -2.18. The van der Waals surface area contributed by atoms with Crippen LogP contribution in [0.3, 0.4) is 0 Å². The fraction of sp³-hybridized carbons (Fsp3) is 0.833. The lowest BCUT2D eigenvalue weighted by Gasteiger charge is -2.15. The molecule has 15 heavy (non-hydrogen) atoms. The van der Waals surface area contributed by atoms with E-state index in [1.807, 2.05) is 0 Å². The van der Waals surface area contributed by atoms with Gasteiger partial charge in [-0.15, -0.1) is 0 Å². The Balaban J connectivity index is 0.000000262. The topological polar surface area (TPSA) is 46.5 Å². The molecule has 0 aromatic carbocycles. The van der Waals surface area contributed by atoms with Gasteiger partial charge in [-0.2, -0.15) is 0 Å². The number of hydrogen-bond donors (Lipinski definition) is 1. The minimum Gasteiger partial charge on any atom is -0.464 e.